The topological polar surface area (TPSA) is 67.0 Å². The molecular formula is C20H22NO3+. The molecule has 0 saturated heterocycles. The Hall–Kier alpha value is -2.59. The quantitative estimate of drug-likeness (QED) is 0.709. The van der Waals surface area contributed by atoms with Crippen LogP contribution in [0.1, 0.15) is 31.0 Å². The van der Waals surface area contributed by atoms with Gasteiger partial charge in [0.15, 0.2) is 0 Å². The molecular weight excluding hydrogens is 302 g/mol. The van der Waals surface area contributed by atoms with Crippen LogP contribution in [0, 0.1) is 5.92 Å². The van der Waals surface area contributed by atoms with Gasteiger partial charge >= 0.3 is 5.63 Å². The molecule has 0 aliphatic heterocycles. The van der Waals surface area contributed by atoms with Gasteiger partial charge in [-0.2, -0.15) is 0 Å². The van der Waals surface area contributed by atoms with Gasteiger partial charge in [0, 0.05) is 34.6 Å². The summed E-state index contributed by atoms with van der Waals surface area (Å²) in [6.07, 6.45) is 0. The first-order chi connectivity index (χ1) is 11.5. The molecule has 3 rings (SSSR count). The Bertz CT molecular complexity index is 884. The third kappa shape index (κ3) is 3.49. The van der Waals surface area contributed by atoms with E-state index in [0.29, 0.717) is 24.1 Å². The van der Waals surface area contributed by atoms with Crippen LogP contribution in [0.5, 0.6) is 5.75 Å². The van der Waals surface area contributed by atoms with Gasteiger partial charge in [-0.1, -0.05) is 44.2 Å². The van der Waals surface area contributed by atoms with Gasteiger partial charge in [-0.05, 0) is 12.1 Å². The van der Waals surface area contributed by atoms with Crippen LogP contribution in [0.2, 0.25) is 0 Å². The number of phenolic OH excluding ortho intramolecular Hbond substituents is 1. The zero-order valence-electron chi connectivity index (χ0n) is 13.9. The predicted molar refractivity (Wildman–Crippen MR) is 93.8 cm³/mol. The first-order valence-corrected chi connectivity index (χ1v) is 8.18. The molecule has 24 heavy (non-hydrogen) atoms. The molecule has 4 heteroatoms. The molecule has 0 aliphatic rings. The molecule has 1 aromatic heterocycles. The van der Waals surface area contributed by atoms with E-state index in [9.17, 15) is 9.90 Å². The van der Waals surface area contributed by atoms with E-state index < -0.39 is 5.63 Å². The van der Waals surface area contributed by atoms with E-state index in [1.807, 2.05) is 18.2 Å². The summed E-state index contributed by atoms with van der Waals surface area (Å²) in [7, 11) is 0. The molecule has 0 radical (unpaired) electrons. The lowest BCUT2D eigenvalue weighted by molar-refractivity contribution is -0.716. The molecule has 3 aromatic rings. The van der Waals surface area contributed by atoms with Crippen molar-refractivity contribution >= 4 is 11.0 Å². The van der Waals surface area contributed by atoms with Gasteiger partial charge in [-0.3, -0.25) is 0 Å². The molecule has 0 spiro atoms. The molecule has 3 N–H and O–H groups in total. The van der Waals surface area contributed by atoms with Crippen molar-refractivity contribution in [2.45, 2.75) is 26.4 Å². The van der Waals surface area contributed by atoms with Crippen LogP contribution in [0.3, 0.4) is 0 Å². The van der Waals surface area contributed by atoms with Crippen LogP contribution in [-0.4, -0.2) is 5.11 Å². The third-order valence-electron chi connectivity index (χ3n) is 4.31. The van der Waals surface area contributed by atoms with Crippen LogP contribution in [0.15, 0.2) is 63.8 Å². The Morgan fingerprint density at radius 3 is 2.54 bits per heavy atom. The fraction of sp³-hybridized carbons (Fsp3) is 0.250. The second kappa shape index (κ2) is 6.89. The normalized spacial score (nSPS) is 12.6. The molecule has 2 aromatic carbocycles. The largest absolute Gasteiger partial charge is 0.508 e. The molecule has 0 saturated carbocycles. The minimum Gasteiger partial charge on any atom is -0.508 e. The zero-order valence-corrected chi connectivity index (χ0v) is 13.9. The van der Waals surface area contributed by atoms with Crippen molar-refractivity contribution in [1.29, 1.82) is 0 Å². The van der Waals surface area contributed by atoms with Gasteiger partial charge in [0.1, 0.15) is 23.9 Å². The van der Waals surface area contributed by atoms with Crippen molar-refractivity contribution in [3.05, 3.63) is 76.1 Å². The van der Waals surface area contributed by atoms with Crippen molar-refractivity contribution in [3.8, 4) is 5.75 Å². The SMILES string of the molecule is CC(C)[C@H]([NH2+]Cc1cc(=O)oc2cc(O)ccc12)c1ccccc1. The fourth-order valence-electron chi connectivity index (χ4n) is 3.11. The highest BCUT2D eigenvalue weighted by Gasteiger charge is 2.19. The number of hydrogen-bond donors (Lipinski definition) is 2. The van der Waals surface area contributed by atoms with Crippen molar-refractivity contribution in [1.82, 2.24) is 0 Å². The fourth-order valence-corrected chi connectivity index (χ4v) is 3.11. The predicted octanol–water partition coefficient (Wildman–Crippen LogP) is 2.96. The summed E-state index contributed by atoms with van der Waals surface area (Å²) in [5.41, 5.74) is 2.23. The van der Waals surface area contributed by atoms with Gasteiger partial charge in [0.05, 0.1) is 0 Å². The number of phenols is 1. The number of aromatic hydroxyl groups is 1. The standard InChI is InChI=1S/C20H21NO3/c1-13(2)20(14-6-4-3-5-7-14)21-12-15-10-19(23)24-18-11-16(22)8-9-17(15)18/h3-11,13,20-22H,12H2,1-2H3/p+1/t20-/m0/s1. The lowest BCUT2D eigenvalue weighted by atomic mass is 9.95. The van der Waals surface area contributed by atoms with Gasteiger partial charge in [0.25, 0.3) is 0 Å². The zero-order chi connectivity index (χ0) is 17.1. The van der Waals surface area contributed by atoms with E-state index in [-0.39, 0.29) is 5.75 Å². The minimum atomic E-state index is -0.391. The molecule has 1 heterocycles. The van der Waals surface area contributed by atoms with Crippen molar-refractivity contribution in [3.63, 3.8) is 0 Å². The summed E-state index contributed by atoms with van der Waals surface area (Å²) < 4.78 is 5.19. The average Bonchev–Trinajstić information content (AvgIpc) is 2.55. The van der Waals surface area contributed by atoms with Gasteiger partial charge in [-0.25, -0.2) is 4.79 Å². The average molecular weight is 324 g/mol. The Balaban J connectivity index is 1.90. The second-order valence-electron chi connectivity index (χ2n) is 6.39. The van der Waals surface area contributed by atoms with E-state index in [0.717, 1.165) is 10.9 Å². The summed E-state index contributed by atoms with van der Waals surface area (Å²) in [6.45, 7) is 5.07. The van der Waals surface area contributed by atoms with E-state index in [4.69, 9.17) is 4.42 Å². The van der Waals surface area contributed by atoms with E-state index >= 15 is 0 Å². The van der Waals surface area contributed by atoms with Crippen molar-refractivity contribution < 1.29 is 14.8 Å². The molecule has 4 nitrogen and oxygen atoms in total. The van der Waals surface area contributed by atoms with Gasteiger partial charge < -0.3 is 14.8 Å². The van der Waals surface area contributed by atoms with Crippen LogP contribution in [0.25, 0.3) is 11.0 Å². The number of benzene rings is 2. The van der Waals surface area contributed by atoms with Gasteiger partial charge in [-0.15, -0.1) is 0 Å². The molecule has 0 fully saturated rings. The summed E-state index contributed by atoms with van der Waals surface area (Å²) in [5, 5.41) is 12.7. The summed E-state index contributed by atoms with van der Waals surface area (Å²) in [6, 6.07) is 17.1. The van der Waals surface area contributed by atoms with Crippen LogP contribution < -0.4 is 10.9 Å². The molecule has 0 bridgehead atoms. The highest BCUT2D eigenvalue weighted by molar-refractivity contribution is 5.81. The van der Waals surface area contributed by atoms with E-state index in [2.05, 4.69) is 31.3 Å². The minimum absolute atomic E-state index is 0.0936. The summed E-state index contributed by atoms with van der Waals surface area (Å²) in [4.78, 5) is 11.8. The number of quaternary nitrogens is 1. The Morgan fingerprint density at radius 1 is 1.08 bits per heavy atom. The molecule has 1 atom stereocenters. The second-order valence-corrected chi connectivity index (χ2v) is 6.39. The van der Waals surface area contributed by atoms with Crippen molar-refractivity contribution in [2.24, 2.45) is 5.92 Å². The van der Waals surface area contributed by atoms with Crippen LogP contribution >= 0.6 is 0 Å². The highest BCUT2D eigenvalue weighted by Crippen LogP contribution is 2.22. The Morgan fingerprint density at radius 2 is 1.83 bits per heavy atom. The maximum atomic E-state index is 11.8. The van der Waals surface area contributed by atoms with Crippen LogP contribution in [0.4, 0.5) is 0 Å². The van der Waals surface area contributed by atoms with E-state index in [1.165, 1.54) is 17.7 Å². The van der Waals surface area contributed by atoms with Crippen molar-refractivity contribution in [2.75, 3.05) is 0 Å². The number of nitrogens with two attached hydrogens (primary N) is 1. The Kier molecular flexibility index (Phi) is 4.67. The van der Waals surface area contributed by atoms with Crippen LogP contribution in [-0.2, 0) is 6.54 Å². The molecule has 0 aliphatic carbocycles. The summed E-state index contributed by atoms with van der Waals surface area (Å²) >= 11 is 0. The highest BCUT2D eigenvalue weighted by atomic mass is 16.4. The molecule has 124 valence electrons. The number of fused-ring (bicyclic) bond motifs is 1. The summed E-state index contributed by atoms with van der Waals surface area (Å²) in [5.74, 6) is 0.555. The lowest BCUT2D eigenvalue weighted by Crippen LogP contribution is -2.84. The third-order valence-corrected chi connectivity index (χ3v) is 4.31. The monoisotopic (exact) mass is 324 g/mol. The number of hydrogen-bond acceptors (Lipinski definition) is 3. The van der Waals surface area contributed by atoms with Gasteiger partial charge in [0.2, 0.25) is 0 Å². The smallest absolute Gasteiger partial charge is 0.336 e. The number of rotatable bonds is 5. The molecule has 0 amide bonds. The first-order valence-electron chi connectivity index (χ1n) is 8.18. The molecule has 0 unspecified atom stereocenters. The first kappa shape index (κ1) is 16.3. The maximum absolute atomic E-state index is 11.8. The Labute approximate surface area is 140 Å². The maximum Gasteiger partial charge on any atom is 0.336 e. The van der Waals surface area contributed by atoms with E-state index in [1.54, 1.807) is 12.1 Å². The lowest BCUT2D eigenvalue weighted by Gasteiger charge is -2.20.